The summed E-state index contributed by atoms with van der Waals surface area (Å²) in [5.74, 6) is -0.210. The molecular formula is C16H24FN4OS2+. The van der Waals surface area contributed by atoms with E-state index in [1.54, 1.807) is 0 Å². The number of nitrogens with one attached hydrogen (secondary N) is 2. The highest BCUT2D eigenvalue weighted by Gasteiger charge is 2.09. The van der Waals surface area contributed by atoms with Gasteiger partial charge in [-0.05, 0) is 37.7 Å². The van der Waals surface area contributed by atoms with Gasteiger partial charge >= 0.3 is 0 Å². The van der Waals surface area contributed by atoms with Gasteiger partial charge in [-0.1, -0.05) is 23.5 Å². The molecule has 0 radical (unpaired) electrons. The second kappa shape index (κ2) is 9.83. The summed E-state index contributed by atoms with van der Waals surface area (Å²) in [5, 5.41) is 8.64. The summed E-state index contributed by atoms with van der Waals surface area (Å²) >= 11 is 6.86. The van der Waals surface area contributed by atoms with Crippen LogP contribution >= 0.6 is 23.6 Å². The average Bonchev–Trinajstić information content (AvgIpc) is 2.89. The summed E-state index contributed by atoms with van der Waals surface area (Å²) < 4.78 is 20.8. The van der Waals surface area contributed by atoms with Crippen LogP contribution in [0.3, 0.4) is 0 Å². The van der Waals surface area contributed by atoms with Crippen LogP contribution in [-0.2, 0) is 18.0 Å². The van der Waals surface area contributed by atoms with E-state index in [9.17, 15) is 4.39 Å². The maximum atomic E-state index is 12.9. The Morgan fingerprint density at radius 1 is 1.38 bits per heavy atom. The van der Waals surface area contributed by atoms with Gasteiger partial charge in [0.05, 0.1) is 7.05 Å². The van der Waals surface area contributed by atoms with Gasteiger partial charge in [0.2, 0.25) is 5.13 Å². The highest BCUT2D eigenvalue weighted by Crippen LogP contribution is 2.13. The second-order valence-corrected chi connectivity index (χ2v) is 7.19. The lowest BCUT2D eigenvalue weighted by molar-refractivity contribution is -0.917. The number of hydrogen-bond acceptors (Lipinski definition) is 5. The summed E-state index contributed by atoms with van der Waals surface area (Å²) in [5.41, 5.74) is 1.09. The molecule has 1 atom stereocenters. The third-order valence-corrected chi connectivity index (χ3v) is 4.66. The number of anilines is 1. The van der Waals surface area contributed by atoms with Gasteiger partial charge in [0.1, 0.15) is 12.4 Å². The van der Waals surface area contributed by atoms with E-state index in [2.05, 4.69) is 17.5 Å². The minimum atomic E-state index is -0.210. The zero-order valence-electron chi connectivity index (χ0n) is 14.0. The minimum Gasteiger partial charge on any atom is -0.382 e. The number of halogens is 1. The Balaban J connectivity index is 1.83. The molecule has 2 rings (SSSR count). The van der Waals surface area contributed by atoms with Crippen molar-refractivity contribution in [3.63, 3.8) is 0 Å². The van der Waals surface area contributed by atoms with Crippen molar-refractivity contribution in [3.05, 3.63) is 39.6 Å². The van der Waals surface area contributed by atoms with Gasteiger partial charge < -0.3 is 15.0 Å². The normalized spacial score (nSPS) is 12.3. The number of rotatable bonds is 10. The highest BCUT2D eigenvalue weighted by atomic mass is 32.1. The summed E-state index contributed by atoms with van der Waals surface area (Å²) in [7, 11) is 2.07. The lowest BCUT2D eigenvalue weighted by Crippen LogP contribution is -3.07. The predicted molar refractivity (Wildman–Crippen MR) is 97.5 cm³/mol. The molecule has 2 N–H and O–H groups in total. The van der Waals surface area contributed by atoms with Gasteiger partial charge in [0.25, 0.3) is 0 Å². The molecule has 2 aromatic rings. The first-order chi connectivity index (χ1) is 11.6. The SMILES string of the molecule is CCOCCCNc1nn(C[NH+](C)Cc2ccc(F)cc2)c(=S)s1. The molecule has 0 saturated heterocycles. The second-order valence-electron chi connectivity index (χ2n) is 5.57. The monoisotopic (exact) mass is 371 g/mol. The first-order valence-electron chi connectivity index (χ1n) is 8.03. The van der Waals surface area contributed by atoms with Gasteiger partial charge in [-0.15, -0.1) is 5.10 Å². The zero-order chi connectivity index (χ0) is 17.4. The van der Waals surface area contributed by atoms with E-state index in [4.69, 9.17) is 17.0 Å². The Bertz CT molecular complexity index is 671. The maximum absolute atomic E-state index is 12.9. The van der Waals surface area contributed by atoms with E-state index in [1.807, 2.05) is 23.7 Å². The molecule has 0 spiro atoms. The number of aromatic nitrogens is 2. The van der Waals surface area contributed by atoms with Gasteiger partial charge in [-0.25, -0.2) is 4.39 Å². The summed E-state index contributed by atoms with van der Waals surface area (Å²) in [6.07, 6.45) is 0.940. The standard InChI is InChI=1S/C16H23FN4OS2/c1-3-22-10-4-9-18-15-19-21(16(23)24-15)12-20(2)11-13-5-7-14(17)8-6-13/h5-8H,3-4,9-12H2,1-2H3,(H,18,19)/p+1. The van der Waals surface area contributed by atoms with Crippen molar-refractivity contribution >= 4 is 28.7 Å². The number of benzene rings is 1. The van der Waals surface area contributed by atoms with Crippen LogP contribution in [0.25, 0.3) is 0 Å². The van der Waals surface area contributed by atoms with Gasteiger partial charge in [0, 0.05) is 25.3 Å². The molecule has 5 nitrogen and oxygen atoms in total. The molecule has 8 heteroatoms. The molecule has 1 unspecified atom stereocenters. The lowest BCUT2D eigenvalue weighted by Gasteiger charge is -2.13. The number of nitrogens with zero attached hydrogens (tertiary/aromatic N) is 2. The largest absolute Gasteiger partial charge is 0.382 e. The minimum absolute atomic E-state index is 0.210. The van der Waals surface area contributed by atoms with Crippen molar-refractivity contribution in [2.24, 2.45) is 0 Å². The first-order valence-corrected chi connectivity index (χ1v) is 9.26. The Morgan fingerprint density at radius 2 is 2.12 bits per heavy atom. The molecule has 0 aliphatic rings. The molecule has 24 heavy (non-hydrogen) atoms. The van der Waals surface area contributed by atoms with Crippen molar-refractivity contribution in [1.29, 1.82) is 0 Å². The molecule has 132 valence electrons. The Labute approximate surface area is 151 Å². The van der Waals surface area contributed by atoms with Crippen LogP contribution in [-0.4, -0.2) is 36.6 Å². The molecule has 0 bridgehead atoms. The van der Waals surface area contributed by atoms with E-state index in [0.29, 0.717) is 6.67 Å². The third kappa shape index (κ3) is 6.27. The smallest absolute Gasteiger partial charge is 0.204 e. The van der Waals surface area contributed by atoms with Crippen molar-refractivity contribution in [1.82, 2.24) is 9.78 Å². The first kappa shape index (κ1) is 19.0. The third-order valence-electron chi connectivity index (χ3n) is 3.39. The van der Waals surface area contributed by atoms with Crippen LogP contribution in [0.2, 0.25) is 0 Å². The van der Waals surface area contributed by atoms with Crippen LogP contribution in [0, 0.1) is 9.77 Å². The van der Waals surface area contributed by atoms with Crippen LogP contribution in [0.15, 0.2) is 24.3 Å². The highest BCUT2D eigenvalue weighted by molar-refractivity contribution is 7.73. The van der Waals surface area contributed by atoms with Crippen molar-refractivity contribution in [2.75, 3.05) is 32.1 Å². The van der Waals surface area contributed by atoms with E-state index in [-0.39, 0.29) is 5.82 Å². The fourth-order valence-electron chi connectivity index (χ4n) is 2.25. The van der Waals surface area contributed by atoms with Crippen LogP contribution in [0.5, 0.6) is 0 Å². The molecule has 0 fully saturated rings. The molecular weight excluding hydrogens is 347 g/mol. The Kier molecular flexibility index (Phi) is 7.77. The Morgan fingerprint density at radius 3 is 2.83 bits per heavy atom. The quantitative estimate of drug-likeness (QED) is 0.497. The van der Waals surface area contributed by atoms with E-state index >= 15 is 0 Å². The number of ether oxygens (including phenoxy) is 1. The van der Waals surface area contributed by atoms with Crippen LogP contribution in [0.4, 0.5) is 9.52 Å². The fraction of sp³-hybridized carbons (Fsp3) is 0.500. The van der Waals surface area contributed by atoms with Gasteiger partial charge in [0.15, 0.2) is 10.6 Å². The number of quaternary nitrogens is 1. The van der Waals surface area contributed by atoms with Crippen molar-refractivity contribution < 1.29 is 14.0 Å². The molecule has 0 saturated carbocycles. The molecule has 1 aromatic heterocycles. The lowest BCUT2D eigenvalue weighted by atomic mass is 10.2. The fourth-order valence-corrected chi connectivity index (χ4v) is 3.29. The van der Waals surface area contributed by atoms with Crippen LogP contribution in [0.1, 0.15) is 18.9 Å². The topological polar surface area (TPSA) is 43.5 Å². The van der Waals surface area contributed by atoms with E-state index < -0.39 is 0 Å². The molecule has 0 amide bonds. The summed E-state index contributed by atoms with van der Waals surface area (Å²) in [4.78, 5) is 1.23. The average molecular weight is 372 g/mol. The molecule has 1 aromatic carbocycles. The Hall–Kier alpha value is -1.35. The summed E-state index contributed by atoms with van der Waals surface area (Å²) in [6.45, 7) is 5.77. The number of hydrogen-bond donors (Lipinski definition) is 2. The van der Waals surface area contributed by atoms with E-state index in [0.717, 1.165) is 47.4 Å². The van der Waals surface area contributed by atoms with E-state index in [1.165, 1.54) is 28.4 Å². The van der Waals surface area contributed by atoms with Gasteiger partial charge in [-0.3, -0.25) is 0 Å². The van der Waals surface area contributed by atoms with Crippen molar-refractivity contribution in [3.8, 4) is 0 Å². The molecule has 0 aliphatic carbocycles. The summed E-state index contributed by atoms with van der Waals surface area (Å²) in [6, 6.07) is 6.60. The molecule has 0 aliphatic heterocycles. The van der Waals surface area contributed by atoms with Crippen molar-refractivity contribution in [2.45, 2.75) is 26.6 Å². The molecule has 1 heterocycles. The van der Waals surface area contributed by atoms with Gasteiger partial charge in [-0.2, -0.15) is 4.68 Å². The zero-order valence-corrected chi connectivity index (χ0v) is 15.7. The maximum Gasteiger partial charge on any atom is 0.204 e. The van der Waals surface area contributed by atoms with Crippen LogP contribution < -0.4 is 10.2 Å². The predicted octanol–water partition coefficient (Wildman–Crippen LogP) is 2.32.